The maximum absolute atomic E-state index is 12.1. The lowest BCUT2D eigenvalue weighted by Crippen LogP contribution is -2.18. The van der Waals surface area contributed by atoms with E-state index in [1.807, 2.05) is 13.0 Å². The number of nitrogens with one attached hydrogen (secondary N) is 1. The van der Waals surface area contributed by atoms with Gasteiger partial charge in [0.1, 0.15) is 0 Å². The molecule has 6 heteroatoms. The van der Waals surface area contributed by atoms with E-state index in [1.165, 1.54) is 6.07 Å². The van der Waals surface area contributed by atoms with Crippen LogP contribution in [0.25, 0.3) is 0 Å². The highest BCUT2D eigenvalue weighted by molar-refractivity contribution is 9.10. The first kappa shape index (κ1) is 15.2. The number of para-hydroxylation sites is 1. The Kier molecular flexibility index (Phi) is 4.70. The fourth-order valence-electron chi connectivity index (χ4n) is 1.87. The molecule has 2 rings (SSSR count). The Morgan fingerprint density at radius 2 is 2.05 bits per heavy atom. The van der Waals surface area contributed by atoms with Crippen molar-refractivity contribution in [2.75, 3.05) is 5.32 Å². The molecule has 21 heavy (non-hydrogen) atoms. The Bertz CT molecular complexity index is 701. The molecule has 1 aromatic heterocycles. The van der Waals surface area contributed by atoms with Gasteiger partial charge in [-0.15, -0.1) is 0 Å². The zero-order valence-electron chi connectivity index (χ0n) is 11.3. The normalized spacial score (nSPS) is 10.2. The van der Waals surface area contributed by atoms with Gasteiger partial charge < -0.3 is 10.4 Å². The van der Waals surface area contributed by atoms with E-state index in [0.717, 1.165) is 5.56 Å². The quantitative estimate of drug-likeness (QED) is 0.889. The topological polar surface area (TPSA) is 79.3 Å². The summed E-state index contributed by atoms with van der Waals surface area (Å²) in [5.74, 6) is -1.41. The molecule has 0 aliphatic heterocycles. The standard InChI is InChI=1S/C15H13BrN2O3/c1-9-4-3-7-17-12(9)8-13(19)18-14-10(15(20)21)5-2-6-11(14)16/h2-7H,8H2,1H3,(H,18,19)(H,20,21). The summed E-state index contributed by atoms with van der Waals surface area (Å²) >= 11 is 3.25. The van der Waals surface area contributed by atoms with Crippen LogP contribution in [0.4, 0.5) is 5.69 Å². The molecule has 0 atom stereocenters. The monoisotopic (exact) mass is 348 g/mol. The number of carbonyl (C=O) groups excluding carboxylic acids is 1. The fraction of sp³-hybridized carbons (Fsp3) is 0.133. The lowest BCUT2D eigenvalue weighted by molar-refractivity contribution is -0.115. The van der Waals surface area contributed by atoms with Crippen LogP contribution in [-0.4, -0.2) is 22.0 Å². The van der Waals surface area contributed by atoms with Crippen LogP contribution < -0.4 is 5.32 Å². The molecular formula is C15H13BrN2O3. The summed E-state index contributed by atoms with van der Waals surface area (Å²) in [5, 5.41) is 11.8. The van der Waals surface area contributed by atoms with Gasteiger partial charge in [0.2, 0.25) is 5.91 Å². The number of pyridine rings is 1. The van der Waals surface area contributed by atoms with Crippen molar-refractivity contribution < 1.29 is 14.7 Å². The molecule has 1 amide bonds. The highest BCUT2D eigenvalue weighted by Crippen LogP contribution is 2.26. The second-order valence-corrected chi connectivity index (χ2v) is 5.31. The van der Waals surface area contributed by atoms with Crippen LogP contribution in [0, 0.1) is 6.92 Å². The van der Waals surface area contributed by atoms with Gasteiger partial charge >= 0.3 is 5.97 Å². The summed E-state index contributed by atoms with van der Waals surface area (Å²) < 4.78 is 0.522. The molecule has 1 aromatic carbocycles. The van der Waals surface area contributed by atoms with Gasteiger partial charge in [-0.05, 0) is 46.6 Å². The lowest BCUT2D eigenvalue weighted by atomic mass is 10.1. The second kappa shape index (κ2) is 6.49. The molecule has 0 radical (unpaired) electrons. The third-order valence-electron chi connectivity index (χ3n) is 2.95. The lowest BCUT2D eigenvalue weighted by Gasteiger charge is -2.11. The summed E-state index contributed by atoms with van der Waals surface area (Å²) in [5.41, 5.74) is 1.87. The number of aryl methyl sites for hydroxylation is 1. The van der Waals surface area contributed by atoms with Crippen LogP contribution in [0.1, 0.15) is 21.6 Å². The van der Waals surface area contributed by atoms with Gasteiger partial charge in [0.05, 0.1) is 23.4 Å². The maximum atomic E-state index is 12.1. The van der Waals surface area contributed by atoms with Crippen LogP contribution in [0.3, 0.4) is 0 Å². The third-order valence-corrected chi connectivity index (χ3v) is 3.62. The van der Waals surface area contributed by atoms with Crippen LogP contribution in [0.2, 0.25) is 0 Å². The van der Waals surface area contributed by atoms with Crippen molar-refractivity contribution in [3.05, 3.63) is 57.8 Å². The van der Waals surface area contributed by atoms with Crippen molar-refractivity contribution in [1.29, 1.82) is 0 Å². The smallest absolute Gasteiger partial charge is 0.337 e. The first-order chi connectivity index (χ1) is 9.99. The first-order valence-electron chi connectivity index (χ1n) is 6.21. The minimum Gasteiger partial charge on any atom is -0.478 e. The number of aromatic carboxylic acids is 1. The summed E-state index contributed by atoms with van der Waals surface area (Å²) in [6.07, 6.45) is 1.71. The summed E-state index contributed by atoms with van der Waals surface area (Å²) in [7, 11) is 0. The van der Waals surface area contributed by atoms with E-state index in [-0.39, 0.29) is 23.6 Å². The predicted octanol–water partition coefficient (Wildman–Crippen LogP) is 3.03. The van der Waals surface area contributed by atoms with Crippen LogP contribution in [-0.2, 0) is 11.2 Å². The number of hydrogen-bond acceptors (Lipinski definition) is 3. The molecule has 5 nitrogen and oxygen atoms in total. The molecule has 108 valence electrons. The van der Waals surface area contributed by atoms with E-state index in [1.54, 1.807) is 24.4 Å². The molecule has 0 fully saturated rings. The molecule has 0 saturated heterocycles. The minimum atomic E-state index is -1.10. The summed E-state index contributed by atoms with van der Waals surface area (Å²) in [6.45, 7) is 1.87. The second-order valence-electron chi connectivity index (χ2n) is 4.46. The molecule has 0 saturated carbocycles. The fourth-order valence-corrected chi connectivity index (χ4v) is 2.33. The average molecular weight is 349 g/mol. The van der Waals surface area contributed by atoms with Gasteiger partial charge in [-0.25, -0.2) is 4.79 Å². The minimum absolute atomic E-state index is 0.0375. The van der Waals surface area contributed by atoms with Crippen molar-refractivity contribution in [1.82, 2.24) is 4.98 Å². The number of benzene rings is 1. The summed E-state index contributed by atoms with van der Waals surface area (Å²) in [6, 6.07) is 8.39. The summed E-state index contributed by atoms with van der Waals surface area (Å²) in [4.78, 5) is 27.4. The number of amides is 1. The van der Waals surface area contributed by atoms with E-state index in [2.05, 4.69) is 26.2 Å². The van der Waals surface area contributed by atoms with E-state index in [0.29, 0.717) is 10.2 Å². The first-order valence-corrected chi connectivity index (χ1v) is 7.00. The van der Waals surface area contributed by atoms with Crippen molar-refractivity contribution >= 4 is 33.5 Å². The average Bonchev–Trinajstić information content (AvgIpc) is 2.43. The Morgan fingerprint density at radius 3 is 2.71 bits per heavy atom. The molecule has 0 unspecified atom stereocenters. The highest BCUT2D eigenvalue weighted by Gasteiger charge is 2.16. The molecular weight excluding hydrogens is 336 g/mol. The van der Waals surface area contributed by atoms with Gasteiger partial charge in [-0.1, -0.05) is 12.1 Å². The van der Waals surface area contributed by atoms with Crippen molar-refractivity contribution in [2.45, 2.75) is 13.3 Å². The molecule has 0 bridgehead atoms. The number of anilines is 1. The van der Waals surface area contributed by atoms with Gasteiger partial charge in [-0.3, -0.25) is 9.78 Å². The highest BCUT2D eigenvalue weighted by atomic mass is 79.9. The van der Waals surface area contributed by atoms with Gasteiger partial charge in [0.25, 0.3) is 0 Å². The molecule has 2 aromatic rings. The Hall–Kier alpha value is -2.21. The molecule has 1 heterocycles. The molecule has 2 N–H and O–H groups in total. The third kappa shape index (κ3) is 3.66. The van der Waals surface area contributed by atoms with Crippen LogP contribution in [0.15, 0.2) is 41.0 Å². The van der Waals surface area contributed by atoms with Crippen molar-refractivity contribution in [3.63, 3.8) is 0 Å². The predicted molar refractivity (Wildman–Crippen MR) is 82.4 cm³/mol. The van der Waals surface area contributed by atoms with E-state index >= 15 is 0 Å². The van der Waals surface area contributed by atoms with E-state index in [4.69, 9.17) is 5.11 Å². The number of carboxylic acids is 1. The molecule has 0 aliphatic carbocycles. The van der Waals surface area contributed by atoms with Gasteiger partial charge in [-0.2, -0.15) is 0 Å². The number of carboxylic acid groups (broad SMARTS) is 1. The van der Waals surface area contributed by atoms with Crippen LogP contribution in [0.5, 0.6) is 0 Å². The van der Waals surface area contributed by atoms with Gasteiger partial charge in [0, 0.05) is 10.7 Å². The Morgan fingerprint density at radius 1 is 1.29 bits per heavy atom. The Balaban J connectivity index is 2.21. The zero-order chi connectivity index (χ0) is 15.4. The zero-order valence-corrected chi connectivity index (χ0v) is 12.8. The number of aromatic nitrogens is 1. The van der Waals surface area contributed by atoms with Crippen LogP contribution >= 0.6 is 15.9 Å². The van der Waals surface area contributed by atoms with Crippen molar-refractivity contribution in [2.24, 2.45) is 0 Å². The SMILES string of the molecule is Cc1cccnc1CC(=O)Nc1c(Br)cccc1C(=O)O. The Labute approximate surface area is 130 Å². The molecule has 0 spiro atoms. The van der Waals surface area contributed by atoms with Gasteiger partial charge in [0.15, 0.2) is 0 Å². The van der Waals surface area contributed by atoms with E-state index < -0.39 is 5.97 Å². The number of hydrogen-bond donors (Lipinski definition) is 2. The van der Waals surface area contributed by atoms with Crippen molar-refractivity contribution in [3.8, 4) is 0 Å². The largest absolute Gasteiger partial charge is 0.478 e. The number of nitrogens with zero attached hydrogens (tertiary/aromatic N) is 1. The molecule has 0 aliphatic rings. The maximum Gasteiger partial charge on any atom is 0.337 e. The van der Waals surface area contributed by atoms with E-state index in [9.17, 15) is 9.59 Å². The number of halogens is 1. The number of rotatable bonds is 4. The number of carbonyl (C=O) groups is 2.